The van der Waals surface area contributed by atoms with E-state index in [2.05, 4.69) is 16.4 Å². The normalized spacial score (nSPS) is 10.8. The van der Waals surface area contributed by atoms with Gasteiger partial charge in [-0.3, -0.25) is 9.79 Å². The fraction of sp³-hybridized carbons (Fsp3) is 0.571. The fourth-order valence-corrected chi connectivity index (χ4v) is 1.25. The van der Waals surface area contributed by atoms with Crippen molar-refractivity contribution in [1.29, 1.82) is 0 Å². The van der Waals surface area contributed by atoms with Gasteiger partial charge in [-0.1, -0.05) is 32.1 Å². The van der Waals surface area contributed by atoms with Gasteiger partial charge < -0.3 is 9.84 Å². The summed E-state index contributed by atoms with van der Waals surface area (Å²) in [5, 5.41) is 2.77. The smallest absolute Gasteiger partial charge is 0.402 e. The molecule has 0 spiro atoms. The molecular weight excluding hydrogens is 225 g/mol. The van der Waals surface area contributed by atoms with Crippen LogP contribution in [0.2, 0.25) is 0 Å². The van der Waals surface area contributed by atoms with Crippen molar-refractivity contribution in [2.75, 3.05) is 6.54 Å². The zero-order chi connectivity index (χ0) is 11.2. The molecule has 0 aromatic rings. The van der Waals surface area contributed by atoms with Gasteiger partial charge in [0.1, 0.15) is 4.99 Å². The first-order chi connectivity index (χ1) is 6.37. The van der Waals surface area contributed by atoms with Crippen LogP contribution in [0.25, 0.3) is 0 Å². The Balaban J connectivity index is 3.89. The van der Waals surface area contributed by atoms with Crippen molar-refractivity contribution in [3.63, 3.8) is 0 Å². The van der Waals surface area contributed by atoms with Gasteiger partial charge in [0.05, 0.1) is 0 Å². The molecule has 0 aliphatic heterocycles. The topological polar surface area (TPSA) is 78.8 Å². The minimum atomic E-state index is -4.54. The third kappa shape index (κ3) is 7.03. The Morgan fingerprint density at radius 1 is 1.64 bits per heavy atom. The molecule has 0 aromatic carbocycles. The molecule has 3 N–H and O–H groups in total. The first kappa shape index (κ1) is 13.6. The molecule has 0 aliphatic rings. The fourth-order valence-electron chi connectivity index (χ4n) is 0.662. The van der Waals surface area contributed by atoms with E-state index in [1.54, 1.807) is 0 Å². The molecule has 0 bridgehead atoms. The molecular formula is C7H14NO4PS. The predicted molar refractivity (Wildman–Crippen MR) is 57.8 cm³/mol. The molecule has 0 saturated carbocycles. The Kier molecular flexibility index (Phi) is 5.95. The SMILES string of the molecule is C=C(OP(=O)(O)O)C(=S)NCCCC. The molecule has 0 unspecified atom stereocenters. The van der Waals surface area contributed by atoms with Gasteiger partial charge in [-0.25, -0.2) is 4.57 Å². The van der Waals surface area contributed by atoms with E-state index in [9.17, 15) is 4.57 Å². The highest BCUT2D eigenvalue weighted by Gasteiger charge is 2.18. The van der Waals surface area contributed by atoms with Gasteiger partial charge in [-0.2, -0.15) is 0 Å². The van der Waals surface area contributed by atoms with Crippen LogP contribution in [0.4, 0.5) is 0 Å². The molecule has 0 amide bonds. The van der Waals surface area contributed by atoms with E-state index in [0.29, 0.717) is 6.54 Å². The molecule has 0 saturated heterocycles. The van der Waals surface area contributed by atoms with Gasteiger partial charge in [0.25, 0.3) is 0 Å². The largest absolute Gasteiger partial charge is 0.524 e. The second kappa shape index (κ2) is 6.14. The first-order valence-electron chi connectivity index (χ1n) is 4.09. The summed E-state index contributed by atoms with van der Waals surface area (Å²) in [6.07, 6.45) is 1.92. The zero-order valence-corrected chi connectivity index (χ0v) is 9.61. The van der Waals surface area contributed by atoms with E-state index < -0.39 is 7.82 Å². The van der Waals surface area contributed by atoms with Gasteiger partial charge in [-0.05, 0) is 6.42 Å². The molecule has 5 nitrogen and oxygen atoms in total. The van der Waals surface area contributed by atoms with Crippen LogP contribution in [0.15, 0.2) is 12.3 Å². The van der Waals surface area contributed by atoms with Crippen molar-refractivity contribution in [3.8, 4) is 0 Å². The Morgan fingerprint density at radius 3 is 2.64 bits per heavy atom. The van der Waals surface area contributed by atoms with E-state index in [1.165, 1.54) is 0 Å². The minimum Gasteiger partial charge on any atom is -0.402 e. The van der Waals surface area contributed by atoms with Gasteiger partial charge >= 0.3 is 7.82 Å². The van der Waals surface area contributed by atoms with E-state index in [1.807, 2.05) is 6.92 Å². The van der Waals surface area contributed by atoms with E-state index in [-0.39, 0.29) is 10.7 Å². The van der Waals surface area contributed by atoms with Crippen LogP contribution in [-0.4, -0.2) is 21.3 Å². The predicted octanol–water partition coefficient (Wildman–Crippen LogP) is 1.33. The third-order valence-electron chi connectivity index (χ3n) is 1.30. The molecule has 0 aliphatic carbocycles. The number of phosphoric acid groups is 1. The number of unbranched alkanes of at least 4 members (excludes halogenated alkanes) is 1. The molecule has 0 heterocycles. The second-order valence-corrected chi connectivity index (χ2v) is 4.19. The van der Waals surface area contributed by atoms with Crippen molar-refractivity contribution in [1.82, 2.24) is 5.32 Å². The molecule has 0 fully saturated rings. The number of hydrogen-bond donors (Lipinski definition) is 3. The molecule has 0 aromatic heterocycles. The van der Waals surface area contributed by atoms with Crippen molar-refractivity contribution in [2.24, 2.45) is 0 Å². The van der Waals surface area contributed by atoms with Crippen LogP contribution in [0, 0.1) is 0 Å². The number of rotatable bonds is 6. The second-order valence-electron chi connectivity index (χ2n) is 2.61. The summed E-state index contributed by atoms with van der Waals surface area (Å²) in [5.41, 5.74) is 0. The molecule has 0 atom stereocenters. The van der Waals surface area contributed by atoms with Crippen LogP contribution < -0.4 is 5.32 Å². The summed E-state index contributed by atoms with van der Waals surface area (Å²) >= 11 is 4.78. The Labute approximate surface area is 88.4 Å². The lowest BCUT2D eigenvalue weighted by atomic mass is 10.3. The lowest BCUT2D eigenvalue weighted by Gasteiger charge is -2.11. The molecule has 7 heteroatoms. The standard InChI is InChI=1S/C7H14NO4PS/c1-3-4-5-8-7(14)6(2)12-13(9,10)11/h2-5H2,1H3,(H,8,14)(H2,9,10,11). The summed E-state index contributed by atoms with van der Waals surface area (Å²) in [6.45, 7) is 5.96. The van der Waals surface area contributed by atoms with Gasteiger partial charge in [-0.15, -0.1) is 0 Å². The van der Waals surface area contributed by atoms with Crippen LogP contribution in [0.5, 0.6) is 0 Å². The van der Waals surface area contributed by atoms with E-state index in [4.69, 9.17) is 22.0 Å². The van der Waals surface area contributed by atoms with E-state index in [0.717, 1.165) is 12.8 Å². The first-order valence-corrected chi connectivity index (χ1v) is 6.03. The van der Waals surface area contributed by atoms with Crippen molar-refractivity contribution in [2.45, 2.75) is 19.8 Å². The van der Waals surface area contributed by atoms with Crippen LogP contribution >= 0.6 is 20.0 Å². The third-order valence-corrected chi connectivity index (χ3v) is 2.13. The number of phosphoric ester groups is 1. The summed E-state index contributed by atoms with van der Waals surface area (Å²) in [5.74, 6) is -0.204. The Bertz CT molecular complexity index is 262. The highest BCUT2D eigenvalue weighted by Crippen LogP contribution is 2.38. The lowest BCUT2D eigenvalue weighted by Crippen LogP contribution is -2.24. The van der Waals surface area contributed by atoms with Crippen molar-refractivity contribution in [3.05, 3.63) is 12.3 Å². The summed E-state index contributed by atoms with van der Waals surface area (Å²) in [7, 11) is -4.54. The van der Waals surface area contributed by atoms with Crippen LogP contribution in [-0.2, 0) is 9.09 Å². The molecule has 0 rings (SSSR count). The van der Waals surface area contributed by atoms with Gasteiger partial charge in [0.15, 0.2) is 5.76 Å². The average Bonchev–Trinajstić information content (AvgIpc) is 2.01. The number of thiocarbonyl (C=S) groups is 1. The maximum Gasteiger partial charge on any atom is 0.524 e. The summed E-state index contributed by atoms with van der Waals surface area (Å²) in [6, 6.07) is 0. The van der Waals surface area contributed by atoms with Crippen molar-refractivity contribution >= 4 is 25.0 Å². The quantitative estimate of drug-likeness (QED) is 0.213. The minimum absolute atomic E-state index is 0.127. The number of nitrogens with one attached hydrogen (secondary N) is 1. The van der Waals surface area contributed by atoms with Gasteiger partial charge in [0.2, 0.25) is 0 Å². The summed E-state index contributed by atoms with van der Waals surface area (Å²) in [4.78, 5) is 17.0. The summed E-state index contributed by atoms with van der Waals surface area (Å²) < 4.78 is 14.6. The average molecular weight is 239 g/mol. The van der Waals surface area contributed by atoms with Gasteiger partial charge in [0, 0.05) is 6.54 Å². The van der Waals surface area contributed by atoms with E-state index >= 15 is 0 Å². The lowest BCUT2D eigenvalue weighted by molar-refractivity contribution is 0.251. The van der Waals surface area contributed by atoms with Crippen molar-refractivity contribution < 1.29 is 18.9 Å². The molecule has 0 radical (unpaired) electrons. The maximum absolute atomic E-state index is 10.4. The zero-order valence-electron chi connectivity index (χ0n) is 7.89. The van der Waals surface area contributed by atoms with Crippen LogP contribution in [0.3, 0.4) is 0 Å². The highest BCUT2D eigenvalue weighted by atomic mass is 32.1. The Morgan fingerprint density at radius 2 is 2.21 bits per heavy atom. The highest BCUT2D eigenvalue weighted by molar-refractivity contribution is 7.80. The maximum atomic E-state index is 10.4. The monoisotopic (exact) mass is 239 g/mol. The molecule has 14 heavy (non-hydrogen) atoms. The Hall–Kier alpha value is -0.420. The number of hydrogen-bond acceptors (Lipinski definition) is 3. The van der Waals surface area contributed by atoms with Crippen LogP contribution in [0.1, 0.15) is 19.8 Å². The molecule has 82 valence electrons.